The molecular weight excluding hydrogens is 382 g/mol. The molecule has 0 atom stereocenters. The van der Waals surface area contributed by atoms with Gasteiger partial charge in [-0.1, -0.05) is 11.5 Å². The molecule has 4 rings (SSSR count). The van der Waals surface area contributed by atoms with Crippen LogP contribution >= 0.6 is 0 Å². The van der Waals surface area contributed by atoms with Crippen LogP contribution in [0.2, 0.25) is 0 Å². The molecule has 1 fully saturated rings. The molecule has 2 aliphatic rings. The average Bonchev–Trinajstić information content (AvgIpc) is 3.13. The summed E-state index contributed by atoms with van der Waals surface area (Å²) in [5.74, 6) is 0.632. The first-order chi connectivity index (χ1) is 13.3. The first-order valence-electron chi connectivity index (χ1n) is 8.92. The number of sulfone groups is 1. The summed E-state index contributed by atoms with van der Waals surface area (Å²) < 4.78 is 28.3. The Labute approximate surface area is 162 Å². The largest absolute Gasteiger partial charge is 0.408 e. The van der Waals surface area contributed by atoms with Crippen LogP contribution in [0, 0.1) is 0 Å². The van der Waals surface area contributed by atoms with Crippen molar-refractivity contribution >= 4 is 27.4 Å². The van der Waals surface area contributed by atoms with E-state index in [2.05, 4.69) is 20.2 Å². The predicted molar refractivity (Wildman–Crippen MR) is 104 cm³/mol. The number of aliphatic imine (C=N–C) groups is 2. The molecule has 1 aliphatic heterocycles. The quantitative estimate of drug-likeness (QED) is 0.776. The van der Waals surface area contributed by atoms with E-state index in [0.29, 0.717) is 11.5 Å². The van der Waals surface area contributed by atoms with E-state index in [-0.39, 0.29) is 11.9 Å². The van der Waals surface area contributed by atoms with Crippen molar-refractivity contribution in [2.24, 2.45) is 21.5 Å². The summed E-state index contributed by atoms with van der Waals surface area (Å²) in [5, 5.41) is 6.97. The van der Waals surface area contributed by atoms with Crippen molar-refractivity contribution in [3.8, 4) is 11.5 Å². The Hall–Kier alpha value is -2.95. The summed E-state index contributed by atoms with van der Waals surface area (Å²) in [5.41, 5.74) is 13.0. The molecule has 2 heterocycles. The summed E-state index contributed by atoms with van der Waals surface area (Å²) in [4.78, 5) is 10.7. The smallest absolute Gasteiger partial charge is 0.335 e. The summed E-state index contributed by atoms with van der Waals surface area (Å²) in [6.45, 7) is 0. The molecule has 0 unspecified atom stereocenters. The highest BCUT2D eigenvalue weighted by atomic mass is 32.2. The molecule has 0 bridgehead atoms. The minimum absolute atomic E-state index is 0.127. The van der Waals surface area contributed by atoms with E-state index in [0.717, 1.165) is 44.0 Å². The maximum atomic E-state index is 11.5. The molecule has 1 saturated carbocycles. The van der Waals surface area contributed by atoms with Crippen LogP contribution in [0.4, 0.5) is 5.69 Å². The monoisotopic (exact) mass is 403 g/mol. The second kappa shape index (κ2) is 6.59. The highest BCUT2D eigenvalue weighted by Crippen LogP contribution is 2.39. The van der Waals surface area contributed by atoms with Gasteiger partial charge in [0.15, 0.2) is 0 Å². The summed E-state index contributed by atoms with van der Waals surface area (Å²) in [6, 6.07) is 7.21. The number of nitrogens with zero attached hydrogens (tertiary/aromatic N) is 5. The lowest BCUT2D eigenvalue weighted by Crippen LogP contribution is -2.58. The third-order valence-electron chi connectivity index (χ3n) is 4.95. The van der Waals surface area contributed by atoms with Gasteiger partial charge in [0.25, 0.3) is 0 Å². The molecule has 2 aromatic rings. The van der Waals surface area contributed by atoms with Crippen LogP contribution in [0.1, 0.15) is 32.1 Å². The van der Waals surface area contributed by atoms with Crippen LogP contribution in [0.25, 0.3) is 11.5 Å². The first-order valence-corrected chi connectivity index (χ1v) is 10.8. The molecule has 1 aliphatic carbocycles. The van der Waals surface area contributed by atoms with Crippen LogP contribution in [-0.4, -0.2) is 42.5 Å². The molecule has 0 amide bonds. The molecule has 0 saturated heterocycles. The van der Waals surface area contributed by atoms with E-state index >= 15 is 0 Å². The van der Waals surface area contributed by atoms with Crippen molar-refractivity contribution in [3.05, 3.63) is 24.3 Å². The van der Waals surface area contributed by atoms with E-state index in [1.54, 1.807) is 12.1 Å². The van der Waals surface area contributed by atoms with E-state index in [9.17, 15) is 8.42 Å². The molecule has 0 radical (unpaired) electrons. The number of nitrogens with two attached hydrogens (primary N) is 2. The fourth-order valence-corrected chi connectivity index (χ4v) is 4.14. The van der Waals surface area contributed by atoms with E-state index in [1.165, 1.54) is 0 Å². The lowest BCUT2D eigenvalue weighted by Gasteiger charge is -2.45. The van der Waals surface area contributed by atoms with Gasteiger partial charge < -0.3 is 15.9 Å². The number of guanidine groups is 2. The molecular formula is C17H21N7O3S. The summed E-state index contributed by atoms with van der Waals surface area (Å²) in [7, 11) is -3.55. The lowest BCUT2D eigenvalue weighted by molar-refractivity contribution is 0.305. The zero-order valence-corrected chi connectivity index (χ0v) is 16.2. The number of aromatic nitrogens is 2. The molecule has 148 valence electrons. The van der Waals surface area contributed by atoms with Gasteiger partial charge >= 0.3 is 5.22 Å². The van der Waals surface area contributed by atoms with Gasteiger partial charge in [0.2, 0.25) is 27.6 Å². The first kappa shape index (κ1) is 18.4. The van der Waals surface area contributed by atoms with Crippen molar-refractivity contribution in [2.75, 3.05) is 11.2 Å². The van der Waals surface area contributed by atoms with Crippen LogP contribution in [0.5, 0.6) is 0 Å². The van der Waals surface area contributed by atoms with Crippen molar-refractivity contribution in [1.82, 2.24) is 10.2 Å². The van der Waals surface area contributed by atoms with Crippen LogP contribution in [0.3, 0.4) is 0 Å². The molecule has 28 heavy (non-hydrogen) atoms. The second-order valence-corrected chi connectivity index (χ2v) is 8.90. The fraction of sp³-hybridized carbons (Fsp3) is 0.412. The number of hydrogen-bond donors (Lipinski definition) is 2. The molecule has 1 aromatic carbocycles. The zero-order valence-electron chi connectivity index (χ0n) is 15.4. The van der Waals surface area contributed by atoms with Gasteiger partial charge in [0.1, 0.15) is 5.66 Å². The minimum Gasteiger partial charge on any atom is -0.408 e. The van der Waals surface area contributed by atoms with Gasteiger partial charge in [0.05, 0.1) is 0 Å². The van der Waals surface area contributed by atoms with Crippen LogP contribution in [-0.2, 0) is 9.84 Å². The van der Waals surface area contributed by atoms with Crippen LogP contribution in [0.15, 0.2) is 43.9 Å². The van der Waals surface area contributed by atoms with Gasteiger partial charge in [-0.25, -0.2) is 13.4 Å². The average molecular weight is 403 g/mol. The van der Waals surface area contributed by atoms with Gasteiger partial charge in [0, 0.05) is 17.5 Å². The Morgan fingerprint density at radius 2 is 1.75 bits per heavy atom. The number of anilines is 1. The third kappa shape index (κ3) is 3.21. The normalized spacial score (nSPS) is 19.4. The van der Waals surface area contributed by atoms with Gasteiger partial charge in [-0.3, -0.25) is 4.90 Å². The SMILES string of the molecule is CS(=O)(=O)c1nnc(-c2ccc(N3C(N)=NC(N)=NC34CCCCC4)cc2)o1. The highest BCUT2D eigenvalue weighted by Gasteiger charge is 2.42. The van der Waals surface area contributed by atoms with Crippen molar-refractivity contribution in [2.45, 2.75) is 43.0 Å². The zero-order chi connectivity index (χ0) is 19.9. The molecule has 1 spiro atoms. The Balaban J connectivity index is 1.68. The Morgan fingerprint density at radius 1 is 1.07 bits per heavy atom. The maximum absolute atomic E-state index is 11.5. The Bertz CT molecular complexity index is 1050. The standard InChI is InChI=1S/C17H21N7O3S/c1-28(25,26)16-23-22-13(27-16)11-5-7-12(8-6-11)24-15(19)20-14(18)21-17(24)9-3-2-4-10-17/h5-8H,2-4,9-10H2,1H3,(H4,18,19,20,21). The number of hydrogen-bond acceptors (Lipinski definition) is 10. The minimum atomic E-state index is -3.55. The van der Waals surface area contributed by atoms with Crippen molar-refractivity contribution < 1.29 is 12.8 Å². The predicted octanol–water partition coefficient (Wildman–Crippen LogP) is 1.25. The molecule has 1 aromatic heterocycles. The number of rotatable bonds is 3. The van der Waals surface area contributed by atoms with E-state index in [4.69, 9.17) is 15.9 Å². The Kier molecular flexibility index (Phi) is 4.33. The van der Waals surface area contributed by atoms with E-state index in [1.807, 2.05) is 17.0 Å². The molecule has 4 N–H and O–H groups in total. The maximum Gasteiger partial charge on any atom is 0.335 e. The Morgan fingerprint density at radius 3 is 2.36 bits per heavy atom. The van der Waals surface area contributed by atoms with Gasteiger partial charge in [-0.05, 0) is 49.9 Å². The lowest BCUT2D eigenvalue weighted by atomic mass is 9.87. The van der Waals surface area contributed by atoms with Gasteiger partial charge in [-0.2, -0.15) is 4.99 Å². The topological polar surface area (TPSA) is 153 Å². The van der Waals surface area contributed by atoms with Crippen LogP contribution < -0.4 is 16.4 Å². The summed E-state index contributed by atoms with van der Waals surface area (Å²) >= 11 is 0. The van der Waals surface area contributed by atoms with Gasteiger partial charge in [-0.15, -0.1) is 5.10 Å². The molecule has 10 nitrogen and oxygen atoms in total. The van der Waals surface area contributed by atoms with Crippen molar-refractivity contribution in [3.63, 3.8) is 0 Å². The highest BCUT2D eigenvalue weighted by molar-refractivity contribution is 7.90. The number of benzene rings is 1. The third-order valence-corrected chi connectivity index (χ3v) is 5.75. The second-order valence-electron chi connectivity index (χ2n) is 7.01. The van der Waals surface area contributed by atoms with E-state index < -0.39 is 20.7 Å². The summed E-state index contributed by atoms with van der Waals surface area (Å²) in [6.07, 6.45) is 5.92. The fourth-order valence-electron chi connectivity index (χ4n) is 3.72. The molecule has 11 heteroatoms. The van der Waals surface area contributed by atoms with Crippen molar-refractivity contribution in [1.29, 1.82) is 0 Å².